The number of anilines is 1. The maximum Gasteiger partial charge on any atom is 0.310 e. The third-order valence-corrected chi connectivity index (χ3v) is 6.26. The Morgan fingerprint density at radius 1 is 1.52 bits per heavy atom. The van der Waals surface area contributed by atoms with Gasteiger partial charge in [0.1, 0.15) is 17.3 Å². The Morgan fingerprint density at radius 2 is 2.36 bits per heavy atom. The summed E-state index contributed by atoms with van der Waals surface area (Å²) in [4.78, 5) is 30.7. The molecule has 0 saturated carbocycles. The highest BCUT2D eigenvalue weighted by atomic mass is 32.1. The van der Waals surface area contributed by atoms with Crippen LogP contribution >= 0.6 is 11.3 Å². The molecule has 4 atom stereocenters. The number of hydrogen-bond acceptors (Lipinski definition) is 6. The van der Waals surface area contributed by atoms with E-state index in [1.165, 1.54) is 11.3 Å². The Kier molecular flexibility index (Phi) is 2.85. The lowest BCUT2D eigenvalue weighted by molar-refractivity contribution is -0.146. The van der Waals surface area contributed by atoms with Crippen molar-refractivity contribution in [3.05, 3.63) is 30.4 Å². The summed E-state index contributed by atoms with van der Waals surface area (Å²) in [5.74, 6) is -2.06. The zero-order chi connectivity index (χ0) is 17.3. The molecule has 7 nitrogen and oxygen atoms in total. The van der Waals surface area contributed by atoms with Gasteiger partial charge in [0, 0.05) is 6.07 Å². The molecule has 0 radical (unpaired) electrons. The zero-order valence-electron chi connectivity index (χ0n) is 13.2. The lowest BCUT2D eigenvalue weighted by Gasteiger charge is -2.21. The molecule has 8 heteroatoms. The zero-order valence-corrected chi connectivity index (χ0v) is 14.0. The van der Waals surface area contributed by atoms with Crippen LogP contribution in [0.15, 0.2) is 30.4 Å². The van der Waals surface area contributed by atoms with Crippen LogP contribution in [-0.2, 0) is 14.3 Å². The summed E-state index contributed by atoms with van der Waals surface area (Å²) in [6.45, 7) is 0.296. The van der Waals surface area contributed by atoms with Gasteiger partial charge in [-0.2, -0.15) is 0 Å². The SMILES string of the molecule is COc1ccc2sc(N3C[C@@]45C=C[C@H](O4)[C@@H](C(=O)O)[C@@H]5C3=O)nc2c1. The number of methoxy groups -OCH3 is 1. The van der Waals surface area contributed by atoms with Crippen LogP contribution in [0, 0.1) is 11.8 Å². The van der Waals surface area contributed by atoms with Gasteiger partial charge in [0.25, 0.3) is 0 Å². The number of carboxylic acids is 1. The Hall–Kier alpha value is -2.45. The number of nitrogens with zero attached hydrogens (tertiary/aromatic N) is 2. The number of aromatic nitrogens is 1. The minimum Gasteiger partial charge on any atom is -0.497 e. The Labute approximate surface area is 146 Å². The summed E-state index contributed by atoms with van der Waals surface area (Å²) in [5.41, 5.74) is -0.0994. The highest BCUT2D eigenvalue weighted by Crippen LogP contribution is 2.53. The predicted molar refractivity (Wildman–Crippen MR) is 89.9 cm³/mol. The number of benzene rings is 1. The van der Waals surface area contributed by atoms with Gasteiger partial charge in [-0.05, 0) is 12.1 Å². The second-order valence-corrected chi connectivity index (χ2v) is 7.50. The van der Waals surface area contributed by atoms with Crippen LogP contribution < -0.4 is 9.64 Å². The summed E-state index contributed by atoms with van der Waals surface area (Å²) in [6, 6.07) is 5.56. The van der Waals surface area contributed by atoms with Crippen LogP contribution in [0.1, 0.15) is 0 Å². The molecule has 2 bridgehead atoms. The number of carboxylic acid groups (broad SMARTS) is 1. The topological polar surface area (TPSA) is 89.0 Å². The average molecular weight is 358 g/mol. The largest absolute Gasteiger partial charge is 0.497 e. The van der Waals surface area contributed by atoms with Gasteiger partial charge in [0.05, 0.1) is 35.9 Å². The lowest BCUT2D eigenvalue weighted by Crippen LogP contribution is -2.39. The van der Waals surface area contributed by atoms with E-state index >= 15 is 0 Å². The molecule has 0 unspecified atom stereocenters. The van der Waals surface area contributed by atoms with E-state index in [9.17, 15) is 14.7 Å². The van der Waals surface area contributed by atoms with Gasteiger partial charge in [-0.1, -0.05) is 23.5 Å². The van der Waals surface area contributed by atoms with Gasteiger partial charge in [0.2, 0.25) is 5.91 Å². The Morgan fingerprint density at radius 3 is 3.12 bits per heavy atom. The van der Waals surface area contributed by atoms with Crippen molar-refractivity contribution in [2.24, 2.45) is 11.8 Å². The second-order valence-electron chi connectivity index (χ2n) is 6.49. The van der Waals surface area contributed by atoms with Gasteiger partial charge in [0.15, 0.2) is 5.13 Å². The third-order valence-electron chi connectivity index (χ3n) is 5.20. The molecule has 25 heavy (non-hydrogen) atoms. The number of carbonyl (C=O) groups is 2. The number of ether oxygens (including phenoxy) is 2. The van der Waals surface area contributed by atoms with E-state index < -0.39 is 29.5 Å². The van der Waals surface area contributed by atoms with Crippen molar-refractivity contribution in [3.8, 4) is 5.75 Å². The second kappa shape index (κ2) is 4.80. The molecular weight excluding hydrogens is 344 g/mol. The summed E-state index contributed by atoms with van der Waals surface area (Å²) in [6.07, 6.45) is 3.08. The quantitative estimate of drug-likeness (QED) is 0.840. The highest BCUT2D eigenvalue weighted by Gasteiger charge is 2.67. The number of rotatable bonds is 3. The molecule has 2 saturated heterocycles. The maximum absolute atomic E-state index is 13.0. The number of aliphatic carboxylic acids is 1. The van der Waals surface area contributed by atoms with Crippen molar-refractivity contribution < 1.29 is 24.2 Å². The smallest absolute Gasteiger partial charge is 0.310 e. The first kappa shape index (κ1) is 14.9. The van der Waals surface area contributed by atoms with Crippen LogP contribution in [0.3, 0.4) is 0 Å². The maximum atomic E-state index is 13.0. The Balaban J connectivity index is 1.55. The average Bonchev–Trinajstić information content (AvgIpc) is 3.32. The van der Waals surface area contributed by atoms with Gasteiger partial charge in [-0.25, -0.2) is 4.98 Å². The molecule has 1 aromatic carbocycles. The van der Waals surface area contributed by atoms with E-state index in [4.69, 9.17) is 9.47 Å². The number of thiazole rings is 1. The fraction of sp³-hybridized carbons (Fsp3) is 0.353. The van der Waals surface area contributed by atoms with E-state index in [1.54, 1.807) is 18.1 Å². The van der Waals surface area contributed by atoms with Crippen LogP contribution in [0.4, 0.5) is 5.13 Å². The van der Waals surface area contributed by atoms with E-state index in [0.717, 1.165) is 10.2 Å². The van der Waals surface area contributed by atoms with E-state index in [1.807, 2.05) is 24.3 Å². The van der Waals surface area contributed by atoms with Crippen LogP contribution in [0.2, 0.25) is 0 Å². The van der Waals surface area contributed by atoms with Gasteiger partial charge < -0.3 is 14.6 Å². The van der Waals surface area contributed by atoms with E-state index in [2.05, 4.69) is 4.98 Å². The van der Waals surface area contributed by atoms with Crippen molar-refractivity contribution in [1.29, 1.82) is 0 Å². The molecule has 0 aliphatic carbocycles. The molecule has 2 aromatic rings. The predicted octanol–water partition coefficient (Wildman–Crippen LogP) is 1.68. The minimum absolute atomic E-state index is 0.231. The molecule has 128 valence electrons. The molecular formula is C17H14N2O5S. The molecule has 1 aromatic heterocycles. The van der Waals surface area contributed by atoms with E-state index in [-0.39, 0.29) is 5.91 Å². The van der Waals surface area contributed by atoms with Gasteiger partial charge >= 0.3 is 5.97 Å². The normalized spacial score (nSPS) is 32.6. The first-order valence-electron chi connectivity index (χ1n) is 7.88. The first-order valence-corrected chi connectivity index (χ1v) is 8.70. The first-order chi connectivity index (χ1) is 12.0. The highest BCUT2D eigenvalue weighted by molar-refractivity contribution is 7.22. The fourth-order valence-electron chi connectivity index (χ4n) is 4.08. The van der Waals surface area contributed by atoms with Crippen LogP contribution in [0.25, 0.3) is 10.2 Å². The van der Waals surface area contributed by atoms with Crippen molar-refractivity contribution >= 4 is 38.6 Å². The number of hydrogen-bond donors (Lipinski definition) is 1. The standard InChI is InChI=1S/C17H14N2O5S/c1-23-8-2-3-11-9(6-8)18-16(25-11)19-7-17-5-4-10(24-17)12(15(21)22)13(17)14(19)20/h2-6,10,12-13H,7H2,1H3,(H,21,22)/t10-,12+,13+,17+/m0/s1. The monoisotopic (exact) mass is 358 g/mol. The third kappa shape index (κ3) is 1.86. The van der Waals surface area contributed by atoms with E-state index in [0.29, 0.717) is 17.4 Å². The Bertz CT molecular complexity index is 954. The molecule has 3 aliphatic heterocycles. The summed E-state index contributed by atoms with van der Waals surface area (Å²) in [5, 5.41) is 10.1. The van der Waals surface area contributed by atoms with Crippen molar-refractivity contribution in [1.82, 2.24) is 4.98 Å². The van der Waals surface area contributed by atoms with Crippen LogP contribution in [-0.4, -0.2) is 47.3 Å². The molecule has 1 N–H and O–H groups in total. The number of carbonyl (C=O) groups excluding carboxylic acids is 1. The van der Waals surface area contributed by atoms with Crippen molar-refractivity contribution in [2.45, 2.75) is 11.7 Å². The molecule has 4 heterocycles. The number of amides is 1. The molecule has 1 spiro atoms. The van der Waals surface area contributed by atoms with Gasteiger partial charge in [-0.3, -0.25) is 14.5 Å². The minimum atomic E-state index is -0.995. The molecule has 3 aliphatic rings. The molecule has 5 rings (SSSR count). The van der Waals surface area contributed by atoms with Crippen LogP contribution in [0.5, 0.6) is 5.75 Å². The summed E-state index contributed by atoms with van der Waals surface area (Å²) >= 11 is 1.40. The van der Waals surface area contributed by atoms with Crippen molar-refractivity contribution in [3.63, 3.8) is 0 Å². The number of fused-ring (bicyclic) bond motifs is 2. The molecule has 2 fully saturated rings. The summed E-state index contributed by atoms with van der Waals surface area (Å²) < 4.78 is 12.0. The fourth-order valence-corrected chi connectivity index (χ4v) is 5.03. The lowest BCUT2D eigenvalue weighted by atomic mass is 9.77. The van der Waals surface area contributed by atoms with Gasteiger partial charge in [-0.15, -0.1) is 0 Å². The summed E-state index contributed by atoms with van der Waals surface area (Å²) in [7, 11) is 1.59. The molecule has 1 amide bonds. The van der Waals surface area contributed by atoms with Crippen molar-refractivity contribution in [2.75, 3.05) is 18.6 Å².